The molecule has 100 valence electrons. The summed E-state index contributed by atoms with van der Waals surface area (Å²) in [5.74, 6) is 0. The topological polar surface area (TPSA) is 28.2 Å². The Labute approximate surface area is 118 Å². The van der Waals surface area contributed by atoms with Crippen LogP contribution in [0.1, 0.15) is 16.6 Å². The zero-order valence-electron chi connectivity index (χ0n) is 11.0. The minimum atomic E-state index is 0.469. The molecule has 0 radical (unpaired) electrons. The maximum atomic E-state index is 4.49. The predicted molar refractivity (Wildman–Crippen MR) is 79.4 cm³/mol. The molecule has 0 bridgehead atoms. The van der Waals surface area contributed by atoms with E-state index in [0.29, 0.717) is 6.04 Å². The second-order valence-corrected chi connectivity index (χ2v) is 5.82. The van der Waals surface area contributed by atoms with E-state index in [4.69, 9.17) is 0 Å². The Kier molecular flexibility index (Phi) is 4.23. The molecular weight excluding hydrogens is 254 g/mol. The number of hydrogen-bond acceptors (Lipinski definition) is 4. The number of nitrogens with zero attached hydrogens (tertiary/aromatic N) is 2. The molecule has 1 atom stereocenters. The fraction of sp³-hybridized carbons (Fsp3) is 0.400. The number of nitrogens with one attached hydrogen (secondary N) is 1. The van der Waals surface area contributed by atoms with Gasteiger partial charge in [-0.1, -0.05) is 12.1 Å². The SMILES string of the molecule is c1ccc(CC(c2cccs2)N2CCNCC2)nc1. The van der Waals surface area contributed by atoms with Gasteiger partial charge in [-0.05, 0) is 23.6 Å². The van der Waals surface area contributed by atoms with E-state index in [-0.39, 0.29) is 0 Å². The highest BCUT2D eigenvalue weighted by atomic mass is 32.1. The van der Waals surface area contributed by atoms with Crippen molar-refractivity contribution in [3.8, 4) is 0 Å². The Morgan fingerprint density at radius 3 is 2.79 bits per heavy atom. The van der Waals surface area contributed by atoms with Crippen molar-refractivity contribution in [1.29, 1.82) is 0 Å². The molecule has 0 amide bonds. The van der Waals surface area contributed by atoms with E-state index in [0.717, 1.165) is 32.6 Å². The lowest BCUT2D eigenvalue weighted by molar-refractivity contribution is 0.174. The van der Waals surface area contributed by atoms with E-state index in [1.807, 2.05) is 23.6 Å². The van der Waals surface area contributed by atoms with Crippen molar-refractivity contribution in [2.45, 2.75) is 12.5 Å². The number of rotatable bonds is 4. The zero-order chi connectivity index (χ0) is 12.9. The van der Waals surface area contributed by atoms with Gasteiger partial charge in [-0.25, -0.2) is 0 Å². The molecule has 3 nitrogen and oxygen atoms in total. The smallest absolute Gasteiger partial charge is 0.0497 e. The first-order chi connectivity index (χ1) is 9.43. The molecule has 2 aromatic heterocycles. The standard InChI is InChI=1S/C15H19N3S/c1-2-6-17-13(4-1)12-14(15-5-3-11-19-15)18-9-7-16-8-10-18/h1-6,11,14,16H,7-10,12H2. The molecule has 0 aliphatic carbocycles. The molecule has 3 rings (SSSR count). The Morgan fingerprint density at radius 2 is 2.11 bits per heavy atom. The normalized spacial score (nSPS) is 18.3. The Bertz CT molecular complexity index is 477. The van der Waals surface area contributed by atoms with Gasteiger partial charge in [0.25, 0.3) is 0 Å². The zero-order valence-corrected chi connectivity index (χ0v) is 11.8. The maximum Gasteiger partial charge on any atom is 0.0497 e. The van der Waals surface area contributed by atoms with Crippen LogP contribution in [-0.2, 0) is 6.42 Å². The fourth-order valence-corrected chi connectivity index (χ4v) is 3.46. The minimum Gasteiger partial charge on any atom is -0.314 e. The van der Waals surface area contributed by atoms with E-state index in [9.17, 15) is 0 Å². The third-order valence-electron chi connectivity index (χ3n) is 3.59. The van der Waals surface area contributed by atoms with Crippen LogP contribution in [0.25, 0.3) is 0 Å². The first kappa shape index (κ1) is 12.8. The van der Waals surface area contributed by atoms with Gasteiger partial charge < -0.3 is 5.32 Å². The molecule has 1 unspecified atom stereocenters. The molecule has 1 N–H and O–H groups in total. The van der Waals surface area contributed by atoms with Crippen LogP contribution in [0, 0.1) is 0 Å². The van der Waals surface area contributed by atoms with E-state index >= 15 is 0 Å². The third kappa shape index (κ3) is 3.21. The van der Waals surface area contributed by atoms with Gasteiger partial charge in [-0.3, -0.25) is 9.88 Å². The summed E-state index contributed by atoms with van der Waals surface area (Å²) in [7, 11) is 0. The van der Waals surface area contributed by atoms with Crippen molar-refractivity contribution >= 4 is 11.3 Å². The minimum absolute atomic E-state index is 0.469. The Morgan fingerprint density at radius 1 is 1.21 bits per heavy atom. The Balaban J connectivity index is 1.80. The molecule has 0 spiro atoms. The largest absolute Gasteiger partial charge is 0.314 e. The summed E-state index contributed by atoms with van der Waals surface area (Å²) >= 11 is 1.85. The summed E-state index contributed by atoms with van der Waals surface area (Å²) < 4.78 is 0. The van der Waals surface area contributed by atoms with Crippen molar-refractivity contribution in [2.24, 2.45) is 0 Å². The van der Waals surface area contributed by atoms with Crippen LogP contribution in [0.3, 0.4) is 0 Å². The molecule has 1 aliphatic rings. The fourth-order valence-electron chi connectivity index (χ4n) is 2.60. The first-order valence-corrected chi connectivity index (χ1v) is 7.69. The van der Waals surface area contributed by atoms with Crippen molar-refractivity contribution in [3.05, 3.63) is 52.5 Å². The molecule has 1 aliphatic heterocycles. The summed E-state index contributed by atoms with van der Waals surface area (Å²) in [6.45, 7) is 4.42. The third-order valence-corrected chi connectivity index (χ3v) is 4.57. The van der Waals surface area contributed by atoms with E-state index < -0.39 is 0 Å². The predicted octanol–water partition coefficient (Wildman–Crippen LogP) is 2.33. The van der Waals surface area contributed by atoms with Crippen molar-refractivity contribution in [1.82, 2.24) is 15.2 Å². The number of hydrogen-bond donors (Lipinski definition) is 1. The van der Waals surface area contributed by atoms with Gasteiger partial charge in [0.2, 0.25) is 0 Å². The molecule has 0 saturated carbocycles. The van der Waals surface area contributed by atoms with Gasteiger partial charge >= 0.3 is 0 Å². The maximum absolute atomic E-state index is 4.49. The van der Waals surface area contributed by atoms with Gasteiger partial charge in [0.1, 0.15) is 0 Å². The lowest BCUT2D eigenvalue weighted by Gasteiger charge is -2.34. The van der Waals surface area contributed by atoms with Crippen LogP contribution in [-0.4, -0.2) is 36.1 Å². The van der Waals surface area contributed by atoms with Crippen molar-refractivity contribution < 1.29 is 0 Å². The highest BCUT2D eigenvalue weighted by Gasteiger charge is 2.23. The van der Waals surface area contributed by atoms with Crippen LogP contribution in [0.5, 0.6) is 0 Å². The first-order valence-electron chi connectivity index (χ1n) is 6.81. The summed E-state index contributed by atoms with van der Waals surface area (Å²) in [6.07, 6.45) is 2.89. The summed E-state index contributed by atoms with van der Waals surface area (Å²) in [5, 5.41) is 5.59. The van der Waals surface area contributed by atoms with Crippen LogP contribution in [0.2, 0.25) is 0 Å². The Hall–Kier alpha value is -1.23. The molecule has 0 aromatic carbocycles. The molecular formula is C15H19N3S. The summed E-state index contributed by atoms with van der Waals surface area (Å²) in [6, 6.07) is 11.0. The van der Waals surface area contributed by atoms with Crippen LogP contribution < -0.4 is 5.32 Å². The van der Waals surface area contributed by atoms with E-state index in [1.54, 1.807) is 0 Å². The number of piperazine rings is 1. The van der Waals surface area contributed by atoms with Crippen molar-refractivity contribution in [3.63, 3.8) is 0 Å². The summed E-state index contributed by atoms with van der Waals surface area (Å²) in [5.41, 5.74) is 1.18. The number of thiophene rings is 1. The quantitative estimate of drug-likeness (QED) is 0.927. The van der Waals surface area contributed by atoms with Gasteiger partial charge in [0.15, 0.2) is 0 Å². The molecule has 2 aromatic rings. The summed E-state index contributed by atoms with van der Waals surface area (Å²) in [4.78, 5) is 8.52. The molecule has 3 heterocycles. The molecule has 1 saturated heterocycles. The molecule has 19 heavy (non-hydrogen) atoms. The molecule has 1 fully saturated rings. The molecule has 4 heteroatoms. The number of aromatic nitrogens is 1. The lowest BCUT2D eigenvalue weighted by Crippen LogP contribution is -2.45. The van der Waals surface area contributed by atoms with E-state index in [1.165, 1.54) is 10.6 Å². The second-order valence-electron chi connectivity index (χ2n) is 4.84. The van der Waals surface area contributed by atoms with Crippen LogP contribution >= 0.6 is 11.3 Å². The van der Waals surface area contributed by atoms with Gasteiger partial charge in [0.05, 0.1) is 0 Å². The number of pyridine rings is 1. The monoisotopic (exact) mass is 273 g/mol. The van der Waals surface area contributed by atoms with Gasteiger partial charge in [0, 0.05) is 55.4 Å². The highest BCUT2D eigenvalue weighted by Crippen LogP contribution is 2.28. The van der Waals surface area contributed by atoms with Crippen LogP contribution in [0.15, 0.2) is 41.9 Å². The highest BCUT2D eigenvalue weighted by molar-refractivity contribution is 7.10. The van der Waals surface area contributed by atoms with E-state index in [2.05, 4.69) is 44.8 Å². The lowest BCUT2D eigenvalue weighted by atomic mass is 10.1. The van der Waals surface area contributed by atoms with Crippen molar-refractivity contribution in [2.75, 3.05) is 26.2 Å². The average Bonchev–Trinajstić information content (AvgIpc) is 3.01. The average molecular weight is 273 g/mol. The second kappa shape index (κ2) is 6.28. The van der Waals surface area contributed by atoms with Gasteiger partial charge in [-0.15, -0.1) is 11.3 Å². The van der Waals surface area contributed by atoms with Gasteiger partial charge in [-0.2, -0.15) is 0 Å². The van der Waals surface area contributed by atoms with Crippen LogP contribution in [0.4, 0.5) is 0 Å².